The van der Waals surface area contributed by atoms with E-state index >= 15 is 0 Å². The highest BCUT2D eigenvalue weighted by atomic mass is 35.5. The van der Waals surface area contributed by atoms with E-state index in [1.54, 1.807) is 18.9 Å². The van der Waals surface area contributed by atoms with Gasteiger partial charge in [0, 0.05) is 30.0 Å². The van der Waals surface area contributed by atoms with Crippen molar-refractivity contribution in [2.75, 3.05) is 25.7 Å². The maximum Gasteiger partial charge on any atom is 0.248 e. The molecule has 1 aromatic heterocycles. The summed E-state index contributed by atoms with van der Waals surface area (Å²) < 4.78 is 33.1. The summed E-state index contributed by atoms with van der Waals surface area (Å²) in [7, 11) is -1.84. The van der Waals surface area contributed by atoms with E-state index in [9.17, 15) is 13.2 Å². The molecule has 0 saturated heterocycles. The van der Waals surface area contributed by atoms with Crippen LogP contribution in [0.15, 0.2) is 57.2 Å². The number of sulfone groups is 1. The molecule has 0 radical (unpaired) electrons. The van der Waals surface area contributed by atoms with Gasteiger partial charge in [-0.05, 0) is 55.1 Å². The van der Waals surface area contributed by atoms with Crippen molar-refractivity contribution in [2.45, 2.75) is 29.2 Å². The molecule has 0 saturated carbocycles. The molecule has 2 aromatic carbocycles. The van der Waals surface area contributed by atoms with Crippen LogP contribution in [0.1, 0.15) is 12.8 Å². The Morgan fingerprint density at radius 2 is 1.97 bits per heavy atom. The Hall–Kier alpha value is -1.65. The van der Waals surface area contributed by atoms with Crippen LogP contribution in [0.25, 0.3) is 10.2 Å². The fraction of sp³-hybridized carbons (Fsp3) is 0.333. The number of thioether (sulfide) groups is 1. The number of hydrogen-bond donors (Lipinski definition) is 0. The van der Waals surface area contributed by atoms with Gasteiger partial charge in [0.05, 0.1) is 27.5 Å². The fourth-order valence-corrected chi connectivity index (χ4v) is 6.06. The van der Waals surface area contributed by atoms with Crippen molar-refractivity contribution in [3.05, 3.63) is 52.3 Å². The van der Waals surface area contributed by atoms with Crippen molar-refractivity contribution in [3.8, 4) is 0 Å². The predicted molar refractivity (Wildman–Crippen MR) is 127 cm³/mol. The number of fused-ring (bicyclic) bond motifs is 1. The number of aromatic nitrogens is 1. The van der Waals surface area contributed by atoms with Gasteiger partial charge in [0.2, 0.25) is 5.91 Å². The second-order valence-corrected chi connectivity index (χ2v) is 11.2. The Morgan fingerprint density at radius 1 is 1.23 bits per heavy atom. The normalized spacial score (nSPS) is 12.5. The summed E-state index contributed by atoms with van der Waals surface area (Å²) >= 11 is 8.91. The van der Waals surface area contributed by atoms with Crippen LogP contribution in [0.4, 0.5) is 0 Å². The summed E-state index contributed by atoms with van der Waals surface area (Å²) in [6.45, 7) is 1.07. The van der Waals surface area contributed by atoms with Gasteiger partial charge in [0.25, 0.3) is 0 Å². The summed E-state index contributed by atoms with van der Waals surface area (Å²) in [6, 6.07) is 12.2. The van der Waals surface area contributed by atoms with Crippen molar-refractivity contribution in [2.24, 2.45) is 4.99 Å². The van der Waals surface area contributed by atoms with Crippen LogP contribution < -0.4 is 4.80 Å². The van der Waals surface area contributed by atoms with Crippen LogP contribution in [0, 0.1) is 0 Å². The molecular weight excluding hydrogens is 476 g/mol. The fourth-order valence-electron chi connectivity index (χ4n) is 3.00. The molecule has 0 bridgehead atoms. The lowest BCUT2D eigenvalue weighted by atomic mass is 10.3. The molecule has 0 N–H and O–H groups in total. The molecule has 31 heavy (non-hydrogen) atoms. The van der Waals surface area contributed by atoms with Crippen LogP contribution in [0.5, 0.6) is 0 Å². The zero-order valence-corrected chi connectivity index (χ0v) is 20.4. The third-order valence-electron chi connectivity index (χ3n) is 4.61. The molecule has 0 fully saturated rings. The molecule has 10 heteroatoms. The molecule has 6 nitrogen and oxygen atoms in total. The highest BCUT2D eigenvalue weighted by molar-refractivity contribution is 7.98. The first-order valence-electron chi connectivity index (χ1n) is 9.56. The van der Waals surface area contributed by atoms with E-state index in [0.29, 0.717) is 23.0 Å². The zero-order chi connectivity index (χ0) is 22.4. The lowest BCUT2D eigenvalue weighted by Crippen LogP contribution is -2.19. The second-order valence-electron chi connectivity index (χ2n) is 6.74. The van der Waals surface area contributed by atoms with Crippen LogP contribution in [0.3, 0.4) is 0 Å². The van der Waals surface area contributed by atoms with Gasteiger partial charge in [0.15, 0.2) is 14.6 Å². The van der Waals surface area contributed by atoms with Gasteiger partial charge < -0.3 is 9.30 Å². The topological polar surface area (TPSA) is 77.7 Å². The van der Waals surface area contributed by atoms with E-state index in [2.05, 4.69) is 11.1 Å². The van der Waals surface area contributed by atoms with Gasteiger partial charge in [-0.1, -0.05) is 22.9 Å². The Labute approximate surface area is 194 Å². The van der Waals surface area contributed by atoms with Crippen molar-refractivity contribution in [1.82, 2.24) is 4.57 Å². The first-order chi connectivity index (χ1) is 14.8. The minimum Gasteiger partial charge on any atom is -0.383 e. The van der Waals surface area contributed by atoms with E-state index in [1.165, 1.54) is 35.6 Å². The quantitative estimate of drug-likeness (QED) is 0.408. The molecular formula is C21H23ClN2O4S3. The Balaban J connectivity index is 1.76. The van der Waals surface area contributed by atoms with Gasteiger partial charge in [-0.15, -0.1) is 11.8 Å². The van der Waals surface area contributed by atoms with Crippen molar-refractivity contribution >= 4 is 60.7 Å². The highest BCUT2D eigenvalue weighted by Crippen LogP contribution is 2.24. The lowest BCUT2D eigenvalue weighted by molar-refractivity contribution is -0.118. The van der Waals surface area contributed by atoms with Gasteiger partial charge in [0.1, 0.15) is 0 Å². The van der Waals surface area contributed by atoms with Crippen LogP contribution in [-0.4, -0.2) is 44.6 Å². The number of amides is 1. The molecule has 0 unspecified atom stereocenters. The van der Waals surface area contributed by atoms with Crippen LogP contribution in [-0.2, 0) is 25.9 Å². The van der Waals surface area contributed by atoms with E-state index in [1.807, 2.05) is 23.0 Å². The summed E-state index contributed by atoms with van der Waals surface area (Å²) in [5.74, 6) is -0.461. The second kappa shape index (κ2) is 10.8. The minimum absolute atomic E-state index is 0.0569. The van der Waals surface area contributed by atoms with Crippen molar-refractivity contribution < 1.29 is 17.9 Å². The third-order valence-corrected chi connectivity index (χ3v) is 8.44. The molecule has 1 amide bonds. The minimum atomic E-state index is -3.47. The number of benzene rings is 2. The number of rotatable bonds is 9. The Kier molecular flexibility index (Phi) is 8.35. The van der Waals surface area contributed by atoms with Gasteiger partial charge in [-0.2, -0.15) is 4.99 Å². The van der Waals surface area contributed by atoms with Gasteiger partial charge >= 0.3 is 0 Å². The Bertz CT molecular complexity index is 1230. The predicted octanol–water partition coefficient (Wildman–Crippen LogP) is 4.41. The van der Waals surface area contributed by atoms with Crippen LogP contribution in [0.2, 0.25) is 5.02 Å². The van der Waals surface area contributed by atoms with Gasteiger partial charge in [-0.25, -0.2) is 8.42 Å². The molecule has 0 aliphatic rings. The molecule has 0 aliphatic carbocycles. The maximum absolute atomic E-state index is 12.5. The number of carbonyl (C=O) groups is 1. The third kappa shape index (κ3) is 6.20. The number of halogens is 1. The smallest absolute Gasteiger partial charge is 0.248 e. The number of carbonyl (C=O) groups excluding carboxylic acids is 1. The van der Waals surface area contributed by atoms with Crippen molar-refractivity contribution in [1.29, 1.82) is 0 Å². The lowest BCUT2D eigenvalue weighted by Gasteiger charge is -2.05. The van der Waals surface area contributed by atoms with E-state index in [0.717, 1.165) is 15.1 Å². The molecule has 0 aliphatic heterocycles. The highest BCUT2D eigenvalue weighted by Gasteiger charge is 2.15. The summed E-state index contributed by atoms with van der Waals surface area (Å²) in [5, 5.41) is 0.475. The number of nitrogens with zero attached hydrogens (tertiary/aromatic N) is 2. The number of methoxy groups -OCH3 is 1. The summed E-state index contributed by atoms with van der Waals surface area (Å²) in [5.41, 5.74) is 0.997. The van der Waals surface area contributed by atoms with Crippen molar-refractivity contribution in [3.63, 3.8) is 0 Å². The molecule has 1 heterocycles. The summed E-state index contributed by atoms with van der Waals surface area (Å²) in [6.07, 6.45) is 2.27. The van der Waals surface area contributed by atoms with E-state index < -0.39 is 9.84 Å². The molecule has 3 rings (SSSR count). The van der Waals surface area contributed by atoms with E-state index in [-0.39, 0.29) is 29.4 Å². The van der Waals surface area contributed by atoms with Crippen LogP contribution >= 0.6 is 34.7 Å². The van der Waals surface area contributed by atoms with Gasteiger partial charge in [-0.3, -0.25) is 4.79 Å². The molecule has 166 valence electrons. The largest absolute Gasteiger partial charge is 0.383 e. The average Bonchev–Trinajstić information content (AvgIpc) is 3.08. The molecule has 3 aromatic rings. The first kappa shape index (κ1) is 24.0. The molecule has 0 spiro atoms. The number of ether oxygens (including phenoxy) is 1. The molecule has 0 atom stereocenters. The number of thiazole rings is 1. The SMILES string of the molecule is COCCn1c(=NC(=O)CCCS(=O)(=O)c2ccc(Cl)cc2)sc2cc(SC)ccc21. The Morgan fingerprint density at radius 3 is 2.65 bits per heavy atom. The zero-order valence-electron chi connectivity index (χ0n) is 17.2. The first-order valence-corrected chi connectivity index (χ1v) is 13.6. The maximum atomic E-state index is 12.5. The monoisotopic (exact) mass is 498 g/mol. The van der Waals surface area contributed by atoms with E-state index in [4.69, 9.17) is 16.3 Å². The standard InChI is InChI=1S/C21H23ClN2O4S3/c1-28-12-11-24-18-10-7-16(29-2)14-19(18)30-21(24)23-20(25)4-3-13-31(26,27)17-8-5-15(22)6-9-17/h5-10,14H,3-4,11-13H2,1-2H3. The summed E-state index contributed by atoms with van der Waals surface area (Å²) in [4.78, 5) is 18.7. The number of hydrogen-bond acceptors (Lipinski definition) is 6. The average molecular weight is 499 g/mol.